The van der Waals surface area contributed by atoms with Gasteiger partial charge < -0.3 is 14.2 Å². The SMILES string of the molecule is CCC/C=C\C/C=C\CCCCCCCC(=O)OCC(COC(=O)CCCCCCCCCCCCCCCCCCCCCCCCCCCCCCCCCCC)OC(=O)CCCCCCCCC/C=C\C/C=C\CCCCCC. The van der Waals surface area contributed by atoms with Gasteiger partial charge in [0, 0.05) is 19.3 Å². The molecule has 0 amide bonds. The molecule has 0 fully saturated rings. The Morgan fingerprint density at radius 3 is 0.732 bits per heavy atom. The fraction of sp³-hybridized carbons (Fsp3) is 0.855. The first-order valence-corrected chi connectivity index (χ1v) is 36.6. The first-order chi connectivity index (χ1) is 40.5. The lowest BCUT2D eigenvalue weighted by Crippen LogP contribution is -2.30. The summed E-state index contributed by atoms with van der Waals surface area (Å²) in [7, 11) is 0. The average Bonchev–Trinajstić information content (AvgIpc) is 3.47. The standard InChI is InChI=1S/C76H140O6/c1-4-7-10-13-16-19-22-25-27-29-31-32-33-34-35-36-37-38-39-40-41-42-43-44-45-47-48-51-54-57-60-63-66-69-75(78)81-72-73(71-80-74(77)68-65-62-59-56-53-50-24-21-18-15-12-9-6-3)82-76(79)70-67-64-61-58-55-52-49-46-30-28-26-23-20-17-14-11-8-5-2/h12,15,20-21,23-24,28,30,73H,4-11,13-14,16-19,22,25-27,29,31-72H2,1-3H3/b15-12-,23-20-,24-21-,30-28-. The number of unbranched alkanes of at least 4 members (excludes halogenated alkanes) is 49. The fourth-order valence-electron chi connectivity index (χ4n) is 11.0. The van der Waals surface area contributed by atoms with Crippen LogP contribution in [0, 0.1) is 0 Å². The van der Waals surface area contributed by atoms with E-state index in [1.54, 1.807) is 0 Å². The van der Waals surface area contributed by atoms with Crippen molar-refractivity contribution in [3.8, 4) is 0 Å². The summed E-state index contributed by atoms with van der Waals surface area (Å²) < 4.78 is 17.0. The fourth-order valence-corrected chi connectivity index (χ4v) is 11.0. The Kier molecular flexibility index (Phi) is 68.6. The highest BCUT2D eigenvalue weighted by molar-refractivity contribution is 5.71. The Bertz CT molecular complexity index is 1410. The van der Waals surface area contributed by atoms with Crippen molar-refractivity contribution in [1.29, 1.82) is 0 Å². The highest BCUT2D eigenvalue weighted by atomic mass is 16.6. The van der Waals surface area contributed by atoms with Crippen molar-refractivity contribution in [1.82, 2.24) is 0 Å². The minimum absolute atomic E-state index is 0.0774. The zero-order chi connectivity index (χ0) is 59.2. The summed E-state index contributed by atoms with van der Waals surface area (Å²) in [4.78, 5) is 38.4. The summed E-state index contributed by atoms with van der Waals surface area (Å²) in [5.41, 5.74) is 0. The van der Waals surface area contributed by atoms with Crippen LogP contribution in [-0.2, 0) is 28.6 Å². The minimum atomic E-state index is -0.783. The summed E-state index contributed by atoms with van der Waals surface area (Å²) in [5, 5.41) is 0. The molecule has 0 saturated heterocycles. The topological polar surface area (TPSA) is 78.9 Å². The van der Waals surface area contributed by atoms with E-state index in [9.17, 15) is 14.4 Å². The van der Waals surface area contributed by atoms with Gasteiger partial charge in [0.25, 0.3) is 0 Å². The largest absolute Gasteiger partial charge is 0.462 e. The summed E-state index contributed by atoms with van der Waals surface area (Å²) >= 11 is 0. The van der Waals surface area contributed by atoms with Crippen LogP contribution in [0.15, 0.2) is 48.6 Å². The third-order valence-corrected chi connectivity index (χ3v) is 16.5. The van der Waals surface area contributed by atoms with Gasteiger partial charge in [0.05, 0.1) is 0 Å². The van der Waals surface area contributed by atoms with Gasteiger partial charge in [0.1, 0.15) is 13.2 Å². The van der Waals surface area contributed by atoms with E-state index in [1.807, 2.05) is 0 Å². The summed E-state index contributed by atoms with van der Waals surface area (Å²) in [6.45, 7) is 6.61. The summed E-state index contributed by atoms with van der Waals surface area (Å²) in [6.07, 6.45) is 90.3. The predicted octanol–water partition coefficient (Wildman–Crippen LogP) is 25.3. The molecule has 0 aliphatic rings. The van der Waals surface area contributed by atoms with Gasteiger partial charge in [0.15, 0.2) is 6.10 Å². The molecule has 0 aromatic carbocycles. The van der Waals surface area contributed by atoms with Crippen molar-refractivity contribution in [3.05, 3.63) is 48.6 Å². The van der Waals surface area contributed by atoms with Crippen molar-refractivity contribution >= 4 is 17.9 Å². The molecule has 0 heterocycles. The van der Waals surface area contributed by atoms with E-state index < -0.39 is 6.10 Å². The van der Waals surface area contributed by atoms with E-state index in [4.69, 9.17) is 14.2 Å². The van der Waals surface area contributed by atoms with E-state index >= 15 is 0 Å². The first kappa shape index (κ1) is 79.4. The van der Waals surface area contributed by atoms with E-state index in [-0.39, 0.29) is 31.1 Å². The van der Waals surface area contributed by atoms with Gasteiger partial charge in [0.2, 0.25) is 0 Å². The number of ether oxygens (including phenoxy) is 3. The van der Waals surface area contributed by atoms with Crippen LogP contribution in [0.3, 0.4) is 0 Å². The second kappa shape index (κ2) is 70.9. The molecular formula is C76H140O6. The van der Waals surface area contributed by atoms with E-state index in [2.05, 4.69) is 69.4 Å². The Labute approximate surface area is 511 Å². The van der Waals surface area contributed by atoms with Crippen LogP contribution in [-0.4, -0.2) is 37.2 Å². The lowest BCUT2D eigenvalue weighted by atomic mass is 10.0. The number of allylic oxidation sites excluding steroid dienone is 8. The summed E-state index contributed by atoms with van der Waals surface area (Å²) in [6, 6.07) is 0. The molecule has 0 radical (unpaired) electrons. The van der Waals surface area contributed by atoms with Crippen LogP contribution in [0.5, 0.6) is 0 Å². The number of esters is 3. The van der Waals surface area contributed by atoms with Crippen LogP contribution in [0.25, 0.3) is 0 Å². The van der Waals surface area contributed by atoms with Gasteiger partial charge in [-0.2, -0.15) is 0 Å². The Morgan fingerprint density at radius 1 is 0.244 bits per heavy atom. The lowest BCUT2D eigenvalue weighted by Gasteiger charge is -2.18. The second-order valence-corrected chi connectivity index (χ2v) is 24.9. The number of rotatable bonds is 68. The molecule has 0 saturated carbocycles. The minimum Gasteiger partial charge on any atom is -0.462 e. The van der Waals surface area contributed by atoms with Crippen LogP contribution >= 0.6 is 0 Å². The molecule has 82 heavy (non-hydrogen) atoms. The molecular weight excluding hydrogens is 1010 g/mol. The Balaban J connectivity index is 4.11. The van der Waals surface area contributed by atoms with Crippen LogP contribution in [0.2, 0.25) is 0 Å². The zero-order valence-corrected chi connectivity index (χ0v) is 55.3. The molecule has 0 N–H and O–H groups in total. The maximum atomic E-state index is 12.9. The molecule has 0 aromatic rings. The van der Waals surface area contributed by atoms with E-state index in [1.165, 1.54) is 263 Å². The normalized spacial score (nSPS) is 12.3. The van der Waals surface area contributed by atoms with Gasteiger partial charge in [-0.25, -0.2) is 0 Å². The maximum Gasteiger partial charge on any atom is 0.306 e. The lowest BCUT2D eigenvalue weighted by molar-refractivity contribution is -0.167. The maximum absolute atomic E-state index is 12.9. The van der Waals surface area contributed by atoms with Crippen molar-refractivity contribution in [2.75, 3.05) is 13.2 Å². The Hall–Kier alpha value is -2.63. The van der Waals surface area contributed by atoms with Crippen LogP contribution in [0.1, 0.15) is 400 Å². The molecule has 0 spiro atoms. The smallest absolute Gasteiger partial charge is 0.306 e. The third-order valence-electron chi connectivity index (χ3n) is 16.5. The molecule has 0 bridgehead atoms. The van der Waals surface area contributed by atoms with Crippen LogP contribution in [0.4, 0.5) is 0 Å². The number of carbonyl (C=O) groups excluding carboxylic acids is 3. The average molecular weight is 1150 g/mol. The molecule has 6 heteroatoms. The highest BCUT2D eigenvalue weighted by Crippen LogP contribution is 2.19. The van der Waals surface area contributed by atoms with Crippen LogP contribution < -0.4 is 0 Å². The van der Waals surface area contributed by atoms with Gasteiger partial charge in [-0.3, -0.25) is 14.4 Å². The second-order valence-electron chi connectivity index (χ2n) is 24.9. The molecule has 1 unspecified atom stereocenters. The number of hydrogen-bond donors (Lipinski definition) is 0. The van der Waals surface area contributed by atoms with Gasteiger partial charge in [-0.15, -0.1) is 0 Å². The van der Waals surface area contributed by atoms with Crippen molar-refractivity contribution in [2.24, 2.45) is 0 Å². The number of hydrogen-bond acceptors (Lipinski definition) is 6. The monoisotopic (exact) mass is 1150 g/mol. The molecule has 6 nitrogen and oxygen atoms in total. The molecule has 0 rings (SSSR count). The van der Waals surface area contributed by atoms with Gasteiger partial charge >= 0.3 is 17.9 Å². The highest BCUT2D eigenvalue weighted by Gasteiger charge is 2.19. The zero-order valence-electron chi connectivity index (χ0n) is 55.3. The van der Waals surface area contributed by atoms with Gasteiger partial charge in [-0.05, 0) is 77.0 Å². The molecule has 480 valence electrons. The predicted molar refractivity (Wildman–Crippen MR) is 358 cm³/mol. The molecule has 0 aliphatic heterocycles. The molecule has 0 aromatic heterocycles. The first-order valence-electron chi connectivity index (χ1n) is 36.6. The van der Waals surface area contributed by atoms with Crippen molar-refractivity contribution in [3.63, 3.8) is 0 Å². The molecule has 0 aliphatic carbocycles. The van der Waals surface area contributed by atoms with Gasteiger partial charge in [-0.1, -0.05) is 352 Å². The van der Waals surface area contributed by atoms with Crippen molar-refractivity contribution < 1.29 is 28.6 Å². The number of carbonyl (C=O) groups is 3. The van der Waals surface area contributed by atoms with Crippen molar-refractivity contribution in [2.45, 2.75) is 406 Å². The summed E-state index contributed by atoms with van der Waals surface area (Å²) in [5.74, 6) is -0.877. The van der Waals surface area contributed by atoms with E-state index in [0.29, 0.717) is 19.3 Å². The Morgan fingerprint density at radius 2 is 0.463 bits per heavy atom. The van der Waals surface area contributed by atoms with E-state index in [0.717, 1.165) is 96.3 Å². The third kappa shape index (κ3) is 68.2. The molecule has 1 atom stereocenters. The quantitative estimate of drug-likeness (QED) is 0.0261.